The van der Waals surface area contributed by atoms with Gasteiger partial charge >= 0.3 is 0 Å². The molecule has 0 heterocycles. The Kier molecular flexibility index (Phi) is 5.12. The van der Waals surface area contributed by atoms with Crippen molar-refractivity contribution in [3.8, 4) is 0 Å². The molecule has 0 radical (unpaired) electrons. The molecule has 0 amide bonds. The molecule has 0 unspecified atom stereocenters. The summed E-state index contributed by atoms with van der Waals surface area (Å²) < 4.78 is 26.9. The monoisotopic (exact) mass is 284 g/mol. The largest absolute Gasteiger partial charge is 0.326 e. The third-order valence-electron chi connectivity index (χ3n) is 3.02. The normalized spacial score (nSPS) is 12.7. The van der Waals surface area contributed by atoms with E-state index in [9.17, 15) is 8.42 Å². The third kappa shape index (κ3) is 4.93. The van der Waals surface area contributed by atoms with Crippen LogP contribution < -0.4 is 10.5 Å². The van der Waals surface area contributed by atoms with Crippen molar-refractivity contribution in [1.29, 1.82) is 0 Å². The molecule has 1 rings (SSSR count). The van der Waals surface area contributed by atoms with Gasteiger partial charge in [-0.05, 0) is 42.0 Å². The third-order valence-corrected chi connectivity index (χ3v) is 4.48. The molecule has 0 spiro atoms. The molecule has 0 saturated heterocycles. The Balaban J connectivity index is 2.83. The highest BCUT2D eigenvalue weighted by Gasteiger charge is 2.16. The molecule has 0 saturated carbocycles. The van der Waals surface area contributed by atoms with Gasteiger partial charge in [0.2, 0.25) is 10.0 Å². The summed E-state index contributed by atoms with van der Waals surface area (Å²) in [6.07, 6.45) is 0.793. The van der Waals surface area contributed by atoms with Crippen LogP contribution in [0.4, 0.5) is 0 Å². The maximum absolute atomic E-state index is 12.1. The van der Waals surface area contributed by atoms with E-state index in [1.54, 1.807) is 18.2 Å². The zero-order chi connectivity index (χ0) is 14.7. The number of hydrogen-bond acceptors (Lipinski definition) is 3. The van der Waals surface area contributed by atoms with Gasteiger partial charge in [0.15, 0.2) is 0 Å². The molecule has 1 aromatic carbocycles. The Labute approximate surface area is 116 Å². The number of benzene rings is 1. The maximum atomic E-state index is 12.1. The summed E-state index contributed by atoms with van der Waals surface area (Å²) in [7, 11) is -3.44. The summed E-state index contributed by atoms with van der Waals surface area (Å²) in [5.41, 5.74) is 7.58. The van der Waals surface area contributed by atoms with E-state index < -0.39 is 10.0 Å². The van der Waals surface area contributed by atoms with Crippen LogP contribution in [0.3, 0.4) is 0 Å². The Morgan fingerprint density at radius 3 is 2.42 bits per heavy atom. The molecular weight excluding hydrogens is 260 g/mol. The van der Waals surface area contributed by atoms with Gasteiger partial charge < -0.3 is 5.73 Å². The first kappa shape index (κ1) is 16.1. The van der Waals surface area contributed by atoms with Crippen LogP contribution >= 0.6 is 0 Å². The van der Waals surface area contributed by atoms with Crippen molar-refractivity contribution in [2.45, 2.75) is 45.6 Å². The zero-order valence-corrected chi connectivity index (χ0v) is 13.0. The fraction of sp³-hybridized carbons (Fsp3) is 0.571. The quantitative estimate of drug-likeness (QED) is 0.870. The highest BCUT2D eigenvalue weighted by atomic mass is 32.2. The summed E-state index contributed by atoms with van der Waals surface area (Å²) in [6, 6.07) is 5.06. The van der Waals surface area contributed by atoms with Crippen molar-refractivity contribution in [2.24, 2.45) is 11.1 Å². The van der Waals surface area contributed by atoms with Crippen molar-refractivity contribution in [3.63, 3.8) is 0 Å². The van der Waals surface area contributed by atoms with Gasteiger partial charge in [-0.25, -0.2) is 13.1 Å². The van der Waals surface area contributed by atoms with Gasteiger partial charge in [0.25, 0.3) is 0 Å². The van der Waals surface area contributed by atoms with E-state index in [-0.39, 0.29) is 10.3 Å². The lowest BCUT2D eigenvalue weighted by Crippen LogP contribution is -2.27. The van der Waals surface area contributed by atoms with E-state index in [2.05, 4.69) is 25.5 Å². The number of nitrogens with two attached hydrogens (primary N) is 1. The average molecular weight is 284 g/mol. The van der Waals surface area contributed by atoms with Crippen molar-refractivity contribution in [1.82, 2.24) is 4.72 Å². The molecular formula is C14H24N2O2S. The number of nitrogens with one attached hydrogen (secondary N) is 1. The lowest BCUT2D eigenvalue weighted by atomic mass is 9.93. The molecule has 1 aromatic rings. The highest BCUT2D eigenvalue weighted by Crippen LogP contribution is 2.19. The molecule has 3 N–H and O–H groups in total. The number of rotatable bonds is 5. The molecule has 0 atom stereocenters. The van der Waals surface area contributed by atoms with Crippen molar-refractivity contribution in [3.05, 3.63) is 29.3 Å². The van der Waals surface area contributed by atoms with Gasteiger partial charge in [0.05, 0.1) is 4.90 Å². The van der Waals surface area contributed by atoms with Crippen LogP contribution in [0.25, 0.3) is 0 Å². The molecule has 4 nitrogen and oxygen atoms in total. The molecule has 0 aliphatic rings. The fourth-order valence-electron chi connectivity index (χ4n) is 1.68. The van der Waals surface area contributed by atoms with Gasteiger partial charge in [-0.2, -0.15) is 0 Å². The van der Waals surface area contributed by atoms with Crippen LogP contribution in [-0.4, -0.2) is 15.0 Å². The minimum absolute atomic E-state index is 0.109. The Morgan fingerprint density at radius 1 is 1.26 bits per heavy atom. The van der Waals surface area contributed by atoms with Crippen molar-refractivity contribution >= 4 is 10.0 Å². The van der Waals surface area contributed by atoms with Gasteiger partial charge in [0.1, 0.15) is 0 Å². The first-order chi connectivity index (χ1) is 8.65. The van der Waals surface area contributed by atoms with Gasteiger partial charge in [-0.15, -0.1) is 0 Å². The van der Waals surface area contributed by atoms with Gasteiger partial charge in [-0.1, -0.05) is 26.8 Å². The van der Waals surface area contributed by atoms with Gasteiger partial charge in [-0.3, -0.25) is 0 Å². The fourth-order valence-corrected chi connectivity index (χ4v) is 2.76. The SMILES string of the molecule is Cc1ccc(S(=O)(=O)NCCC(C)(C)C)cc1CN. The first-order valence-corrected chi connectivity index (χ1v) is 7.93. The van der Waals surface area contributed by atoms with Crippen LogP contribution in [0.2, 0.25) is 0 Å². The van der Waals surface area contributed by atoms with Crippen LogP contribution in [0.15, 0.2) is 23.1 Å². The van der Waals surface area contributed by atoms with Crippen LogP contribution in [0.5, 0.6) is 0 Å². The molecule has 19 heavy (non-hydrogen) atoms. The summed E-state index contributed by atoms with van der Waals surface area (Å²) in [5, 5.41) is 0. The molecule has 5 heteroatoms. The van der Waals surface area contributed by atoms with E-state index in [4.69, 9.17) is 5.73 Å². The van der Waals surface area contributed by atoms with E-state index in [1.807, 2.05) is 6.92 Å². The lowest BCUT2D eigenvalue weighted by molar-refractivity contribution is 0.378. The summed E-state index contributed by atoms with van der Waals surface area (Å²) in [6.45, 7) is 8.96. The molecule has 0 aromatic heterocycles. The summed E-state index contributed by atoms with van der Waals surface area (Å²) in [4.78, 5) is 0.285. The van der Waals surface area contributed by atoms with Crippen LogP contribution in [-0.2, 0) is 16.6 Å². The Morgan fingerprint density at radius 2 is 1.89 bits per heavy atom. The predicted molar refractivity (Wildman–Crippen MR) is 78.3 cm³/mol. The van der Waals surface area contributed by atoms with E-state index in [1.165, 1.54) is 0 Å². The van der Waals surface area contributed by atoms with E-state index in [0.717, 1.165) is 17.5 Å². The lowest BCUT2D eigenvalue weighted by Gasteiger charge is -2.18. The molecule has 0 aliphatic carbocycles. The zero-order valence-electron chi connectivity index (χ0n) is 12.2. The topological polar surface area (TPSA) is 72.2 Å². The molecule has 108 valence electrons. The van der Waals surface area contributed by atoms with Crippen molar-refractivity contribution in [2.75, 3.05) is 6.54 Å². The molecule has 0 aliphatic heterocycles. The average Bonchev–Trinajstić information content (AvgIpc) is 2.27. The standard InChI is InChI=1S/C14H24N2O2S/c1-11-5-6-13(9-12(11)10-15)19(17,18)16-8-7-14(2,3)4/h5-6,9,16H,7-8,10,15H2,1-4H3. The van der Waals surface area contributed by atoms with Crippen molar-refractivity contribution < 1.29 is 8.42 Å². The van der Waals surface area contributed by atoms with Crippen LogP contribution in [0, 0.1) is 12.3 Å². The van der Waals surface area contributed by atoms with Gasteiger partial charge in [0, 0.05) is 13.1 Å². The minimum Gasteiger partial charge on any atom is -0.326 e. The Bertz CT molecular complexity index is 531. The minimum atomic E-state index is -3.44. The second-order valence-corrected chi connectivity index (χ2v) is 7.77. The smallest absolute Gasteiger partial charge is 0.240 e. The maximum Gasteiger partial charge on any atom is 0.240 e. The number of sulfonamides is 1. The predicted octanol–water partition coefficient (Wildman–Crippen LogP) is 2.17. The number of hydrogen-bond donors (Lipinski definition) is 2. The summed E-state index contributed by atoms with van der Waals surface area (Å²) >= 11 is 0. The molecule has 0 bridgehead atoms. The Hall–Kier alpha value is -0.910. The second-order valence-electron chi connectivity index (χ2n) is 6.00. The second kappa shape index (κ2) is 6.03. The summed E-state index contributed by atoms with van der Waals surface area (Å²) in [5.74, 6) is 0. The number of aryl methyl sites for hydroxylation is 1. The highest BCUT2D eigenvalue weighted by molar-refractivity contribution is 7.89. The van der Waals surface area contributed by atoms with E-state index >= 15 is 0 Å². The van der Waals surface area contributed by atoms with E-state index in [0.29, 0.717) is 13.1 Å². The molecule has 0 fully saturated rings. The first-order valence-electron chi connectivity index (χ1n) is 6.45. The van der Waals surface area contributed by atoms with Crippen LogP contribution in [0.1, 0.15) is 38.3 Å².